The van der Waals surface area contributed by atoms with E-state index < -0.39 is 5.91 Å². The molecule has 27 heavy (non-hydrogen) atoms. The summed E-state index contributed by atoms with van der Waals surface area (Å²) in [4.78, 5) is 33.7. The van der Waals surface area contributed by atoms with Crippen molar-refractivity contribution in [1.82, 2.24) is 9.88 Å². The van der Waals surface area contributed by atoms with Crippen LogP contribution in [0.1, 0.15) is 17.3 Å². The van der Waals surface area contributed by atoms with Crippen LogP contribution in [0, 0.1) is 5.82 Å². The van der Waals surface area contributed by atoms with Crippen molar-refractivity contribution in [2.45, 2.75) is 6.92 Å². The van der Waals surface area contributed by atoms with E-state index in [1.165, 1.54) is 18.3 Å². The van der Waals surface area contributed by atoms with Gasteiger partial charge in [0.2, 0.25) is 5.91 Å². The normalized spacial score (nSPS) is 14.1. The van der Waals surface area contributed by atoms with Crippen LogP contribution in [0.4, 0.5) is 20.7 Å². The van der Waals surface area contributed by atoms with Crippen molar-refractivity contribution >= 4 is 23.4 Å². The third kappa shape index (κ3) is 4.16. The lowest BCUT2D eigenvalue weighted by molar-refractivity contribution is 0.1000. The van der Waals surface area contributed by atoms with Crippen molar-refractivity contribution in [3.05, 3.63) is 54.0 Å². The molecule has 0 bridgehead atoms. The van der Waals surface area contributed by atoms with Crippen LogP contribution in [0.2, 0.25) is 0 Å². The van der Waals surface area contributed by atoms with E-state index >= 15 is 0 Å². The number of piperazine rings is 1. The highest BCUT2D eigenvalue weighted by atomic mass is 19.1. The van der Waals surface area contributed by atoms with Gasteiger partial charge in [0, 0.05) is 44.6 Å². The predicted octanol–water partition coefficient (Wildman–Crippen LogP) is 2.09. The fourth-order valence-corrected chi connectivity index (χ4v) is 3.07. The van der Waals surface area contributed by atoms with Crippen molar-refractivity contribution in [2.75, 3.05) is 42.5 Å². The number of urea groups is 1. The molecule has 2 heterocycles. The molecule has 3 amide bonds. The summed E-state index contributed by atoms with van der Waals surface area (Å²) < 4.78 is 13.1. The van der Waals surface area contributed by atoms with E-state index in [-0.39, 0.29) is 11.8 Å². The lowest BCUT2D eigenvalue weighted by Crippen LogP contribution is -2.53. The van der Waals surface area contributed by atoms with Crippen LogP contribution in [0.25, 0.3) is 0 Å². The Morgan fingerprint density at radius 3 is 2.30 bits per heavy atom. The Bertz CT molecular complexity index is 802. The van der Waals surface area contributed by atoms with Crippen molar-refractivity contribution in [3.63, 3.8) is 0 Å². The van der Waals surface area contributed by atoms with Gasteiger partial charge in [-0.25, -0.2) is 14.2 Å². The standard InChI is InChI=1S/C19H22FN5O2/c1-2-25(16-6-4-15(20)5-7-16)19(27)24-11-9-23(10-12-24)17-8-3-14(13-22-17)18(21)26/h3-8,13H,2,9-12H2,1H3,(H2,21,26). The van der Waals surface area contributed by atoms with Crippen LogP contribution in [0.3, 0.4) is 0 Å². The van der Waals surface area contributed by atoms with Crippen LogP contribution in [-0.2, 0) is 0 Å². The Morgan fingerprint density at radius 2 is 1.78 bits per heavy atom. The van der Waals surface area contributed by atoms with E-state index in [2.05, 4.69) is 9.88 Å². The number of hydrogen-bond donors (Lipinski definition) is 1. The minimum atomic E-state index is -0.509. The van der Waals surface area contributed by atoms with Crippen molar-refractivity contribution in [1.29, 1.82) is 0 Å². The van der Waals surface area contributed by atoms with E-state index in [9.17, 15) is 14.0 Å². The molecule has 1 aromatic carbocycles. The van der Waals surface area contributed by atoms with Crippen LogP contribution in [0.15, 0.2) is 42.6 Å². The molecule has 1 saturated heterocycles. The van der Waals surface area contributed by atoms with Crippen LogP contribution in [-0.4, -0.2) is 54.5 Å². The summed E-state index contributed by atoms with van der Waals surface area (Å²) in [6.07, 6.45) is 1.46. The lowest BCUT2D eigenvalue weighted by Gasteiger charge is -2.37. The Morgan fingerprint density at radius 1 is 1.11 bits per heavy atom. The first kappa shape index (κ1) is 18.6. The molecule has 2 N–H and O–H groups in total. The monoisotopic (exact) mass is 371 g/mol. The molecule has 0 aliphatic carbocycles. The molecule has 8 heteroatoms. The maximum absolute atomic E-state index is 13.1. The number of nitrogens with zero attached hydrogens (tertiary/aromatic N) is 4. The smallest absolute Gasteiger partial charge is 0.324 e. The second-order valence-electron chi connectivity index (χ2n) is 6.25. The van der Waals surface area contributed by atoms with Gasteiger partial charge >= 0.3 is 6.03 Å². The Labute approximate surface area is 157 Å². The van der Waals surface area contributed by atoms with Gasteiger partial charge in [-0.2, -0.15) is 0 Å². The molecule has 1 aromatic heterocycles. The SMILES string of the molecule is CCN(C(=O)N1CCN(c2ccc(C(N)=O)cn2)CC1)c1ccc(F)cc1. The number of primary amides is 1. The van der Waals surface area contributed by atoms with Crippen molar-refractivity contribution < 1.29 is 14.0 Å². The molecule has 0 saturated carbocycles. The molecular formula is C19H22FN5O2. The van der Waals surface area contributed by atoms with Gasteiger partial charge in [-0.15, -0.1) is 0 Å². The quantitative estimate of drug-likeness (QED) is 0.892. The van der Waals surface area contributed by atoms with E-state index in [1.54, 1.807) is 34.1 Å². The van der Waals surface area contributed by atoms with E-state index in [0.29, 0.717) is 44.0 Å². The summed E-state index contributed by atoms with van der Waals surface area (Å²) in [5, 5.41) is 0. The zero-order valence-electron chi connectivity index (χ0n) is 15.1. The molecular weight excluding hydrogens is 349 g/mol. The highest BCUT2D eigenvalue weighted by Crippen LogP contribution is 2.19. The van der Waals surface area contributed by atoms with Gasteiger partial charge in [0.25, 0.3) is 0 Å². The zero-order chi connectivity index (χ0) is 19.4. The number of carbonyl (C=O) groups is 2. The average Bonchev–Trinajstić information content (AvgIpc) is 2.70. The Kier molecular flexibility index (Phi) is 5.54. The molecule has 0 spiro atoms. The molecule has 3 rings (SSSR count). The number of nitrogens with two attached hydrogens (primary N) is 1. The minimum absolute atomic E-state index is 0.0965. The molecule has 0 unspecified atom stereocenters. The summed E-state index contributed by atoms with van der Waals surface area (Å²) in [6.45, 7) is 4.76. The molecule has 0 radical (unpaired) electrons. The molecule has 1 fully saturated rings. The molecule has 7 nitrogen and oxygen atoms in total. The van der Waals surface area contributed by atoms with Gasteiger partial charge in [-0.3, -0.25) is 9.69 Å². The minimum Gasteiger partial charge on any atom is -0.366 e. The molecule has 142 valence electrons. The summed E-state index contributed by atoms with van der Waals surface area (Å²) >= 11 is 0. The Balaban J connectivity index is 1.63. The number of anilines is 2. The summed E-state index contributed by atoms with van der Waals surface area (Å²) in [6, 6.07) is 9.23. The number of hydrogen-bond acceptors (Lipinski definition) is 4. The van der Waals surface area contributed by atoms with E-state index in [0.717, 1.165) is 5.82 Å². The lowest BCUT2D eigenvalue weighted by atomic mass is 10.2. The van der Waals surface area contributed by atoms with Gasteiger partial charge in [0.05, 0.1) is 5.56 Å². The van der Waals surface area contributed by atoms with E-state index in [4.69, 9.17) is 5.73 Å². The van der Waals surface area contributed by atoms with Gasteiger partial charge in [0.15, 0.2) is 0 Å². The highest BCUT2D eigenvalue weighted by molar-refractivity contribution is 5.93. The summed E-state index contributed by atoms with van der Waals surface area (Å²) in [5.41, 5.74) is 6.27. The first-order valence-electron chi connectivity index (χ1n) is 8.82. The van der Waals surface area contributed by atoms with Crippen LogP contribution < -0.4 is 15.5 Å². The Hall–Kier alpha value is -3.16. The van der Waals surface area contributed by atoms with Gasteiger partial charge < -0.3 is 15.5 Å². The fraction of sp³-hybridized carbons (Fsp3) is 0.316. The highest BCUT2D eigenvalue weighted by Gasteiger charge is 2.26. The maximum Gasteiger partial charge on any atom is 0.324 e. The second-order valence-corrected chi connectivity index (χ2v) is 6.25. The fourth-order valence-electron chi connectivity index (χ4n) is 3.07. The van der Waals surface area contributed by atoms with Crippen molar-refractivity contribution in [3.8, 4) is 0 Å². The zero-order valence-corrected chi connectivity index (χ0v) is 15.1. The number of rotatable bonds is 4. The van der Waals surface area contributed by atoms with E-state index in [1.807, 2.05) is 6.92 Å². The number of aromatic nitrogens is 1. The largest absolute Gasteiger partial charge is 0.366 e. The van der Waals surface area contributed by atoms with Gasteiger partial charge in [-0.1, -0.05) is 0 Å². The molecule has 1 aliphatic heterocycles. The third-order valence-electron chi connectivity index (χ3n) is 4.59. The first-order valence-corrected chi connectivity index (χ1v) is 8.82. The average molecular weight is 371 g/mol. The topological polar surface area (TPSA) is 82.8 Å². The van der Waals surface area contributed by atoms with Gasteiger partial charge in [0.1, 0.15) is 11.6 Å². The summed E-state index contributed by atoms with van der Waals surface area (Å²) in [7, 11) is 0. The number of benzene rings is 1. The maximum atomic E-state index is 13.1. The van der Waals surface area contributed by atoms with Crippen molar-refractivity contribution in [2.24, 2.45) is 5.73 Å². The van der Waals surface area contributed by atoms with Crippen LogP contribution in [0.5, 0.6) is 0 Å². The summed E-state index contributed by atoms with van der Waals surface area (Å²) in [5.74, 6) is -0.0892. The van der Waals surface area contributed by atoms with Crippen LogP contribution >= 0.6 is 0 Å². The van der Waals surface area contributed by atoms with Gasteiger partial charge in [-0.05, 0) is 43.3 Å². The predicted molar refractivity (Wildman–Crippen MR) is 101 cm³/mol. The second kappa shape index (κ2) is 8.03. The molecule has 0 atom stereocenters. The number of halogens is 1. The number of carbonyl (C=O) groups excluding carboxylic acids is 2. The molecule has 2 aromatic rings. The first-order chi connectivity index (χ1) is 13.0. The molecule has 1 aliphatic rings. The number of amides is 3. The third-order valence-corrected chi connectivity index (χ3v) is 4.59. The number of pyridine rings is 1.